The van der Waals surface area contributed by atoms with Crippen LogP contribution in [0.1, 0.15) is 41.9 Å². The van der Waals surface area contributed by atoms with Crippen molar-refractivity contribution in [1.82, 2.24) is 10.2 Å². The van der Waals surface area contributed by atoms with E-state index in [1.807, 2.05) is 38.2 Å². The molecule has 0 bridgehead atoms. The lowest BCUT2D eigenvalue weighted by Crippen LogP contribution is -2.42. The van der Waals surface area contributed by atoms with E-state index in [9.17, 15) is 4.79 Å². The number of carbonyl (C=O) groups excluding carboxylic acids is 1. The molecule has 174 valence electrons. The molecule has 2 aromatic rings. The Morgan fingerprint density at radius 3 is 2.44 bits per heavy atom. The standard InChI is InChI=1S/C25H34N4O.CH3I/c1-27-24-12-9-18(13-21(24)16-26)14-22(29(2)3)17-28-25(30)15-23(20-10-11-20)19-7-5-4-6-8-19;1-2/h4-9,12-13,16,20,22-23,26-27H,10-11,14-15,17H2,1-3H3,(H,28,30);1H3. The molecule has 0 spiro atoms. The molecule has 0 heterocycles. The summed E-state index contributed by atoms with van der Waals surface area (Å²) in [6, 6.07) is 16.8. The Hall–Kier alpha value is -1.93. The SMILES string of the molecule is CI.CNc1ccc(CC(CNC(=O)CC(c2ccccc2)C2CC2)N(C)C)cc1C=N. The molecule has 2 unspecified atom stereocenters. The Morgan fingerprint density at radius 1 is 1.19 bits per heavy atom. The third kappa shape index (κ3) is 7.89. The molecule has 3 rings (SSSR count). The van der Waals surface area contributed by atoms with Crippen molar-refractivity contribution >= 4 is 40.4 Å². The maximum atomic E-state index is 12.8. The molecule has 1 amide bonds. The van der Waals surface area contributed by atoms with Gasteiger partial charge in [-0.2, -0.15) is 0 Å². The van der Waals surface area contributed by atoms with Gasteiger partial charge in [0.1, 0.15) is 0 Å². The van der Waals surface area contributed by atoms with Crippen molar-refractivity contribution in [1.29, 1.82) is 5.41 Å². The van der Waals surface area contributed by atoms with Gasteiger partial charge in [-0.1, -0.05) is 59.0 Å². The highest BCUT2D eigenvalue weighted by Crippen LogP contribution is 2.44. The van der Waals surface area contributed by atoms with E-state index in [0.717, 1.165) is 17.7 Å². The van der Waals surface area contributed by atoms with Crippen molar-refractivity contribution in [3.63, 3.8) is 0 Å². The van der Waals surface area contributed by atoms with E-state index in [1.54, 1.807) is 0 Å². The second kappa shape index (κ2) is 13.6. The molecular weight excluding hydrogens is 511 g/mol. The van der Waals surface area contributed by atoms with E-state index in [-0.39, 0.29) is 11.9 Å². The van der Waals surface area contributed by atoms with Gasteiger partial charge in [0.05, 0.1) is 0 Å². The third-order valence-electron chi connectivity index (χ3n) is 6.10. The van der Waals surface area contributed by atoms with Crippen molar-refractivity contribution in [2.24, 2.45) is 5.92 Å². The topological polar surface area (TPSA) is 68.2 Å². The summed E-state index contributed by atoms with van der Waals surface area (Å²) in [6.45, 7) is 0.617. The minimum atomic E-state index is 0.133. The van der Waals surface area contributed by atoms with Crippen molar-refractivity contribution in [3.8, 4) is 0 Å². The average Bonchev–Trinajstić information content (AvgIpc) is 3.67. The van der Waals surface area contributed by atoms with Crippen molar-refractivity contribution in [2.75, 3.05) is 37.9 Å². The van der Waals surface area contributed by atoms with Crippen LogP contribution in [0.2, 0.25) is 0 Å². The van der Waals surface area contributed by atoms with Gasteiger partial charge in [0.15, 0.2) is 0 Å². The normalized spacial score (nSPS) is 14.7. The average molecular weight is 549 g/mol. The first kappa shape index (κ1) is 26.3. The smallest absolute Gasteiger partial charge is 0.220 e. The van der Waals surface area contributed by atoms with Crippen LogP contribution in [-0.2, 0) is 11.2 Å². The molecule has 1 saturated carbocycles. The lowest BCUT2D eigenvalue weighted by molar-refractivity contribution is -0.121. The molecule has 3 N–H and O–H groups in total. The molecule has 2 atom stereocenters. The number of benzene rings is 2. The summed E-state index contributed by atoms with van der Waals surface area (Å²) in [7, 11) is 5.96. The number of nitrogens with one attached hydrogen (secondary N) is 3. The molecule has 0 radical (unpaired) electrons. The number of likely N-dealkylation sites (N-methyl/N-ethyl adjacent to an activating group) is 1. The largest absolute Gasteiger partial charge is 0.388 e. The predicted octanol–water partition coefficient (Wildman–Crippen LogP) is 4.95. The fourth-order valence-electron chi connectivity index (χ4n) is 4.05. The second-order valence-electron chi connectivity index (χ2n) is 8.50. The number of hydrogen-bond donors (Lipinski definition) is 3. The van der Waals surface area contributed by atoms with Gasteiger partial charge in [0.25, 0.3) is 0 Å². The molecule has 0 aromatic heterocycles. The number of halogens is 1. The Morgan fingerprint density at radius 2 is 1.88 bits per heavy atom. The zero-order chi connectivity index (χ0) is 23.5. The van der Waals surface area contributed by atoms with Gasteiger partial charge >= 0.3 is 0 Å². The quantitative estimate of drug-likeness (QED) is 0.212. The summed E-state index contributed by atoms with van der Waals surface area (Å²) in [5.41, 5.74) is 4.28. The maximum absolute atomic E-state index is 12.8. The lowest BCUT2D eigenvalue weighted by Gasteiger charge is -2.26. The fourth-order valence-corrected chi connectivity index (χ4v) is 4.05. The summed E-state index contributed by atoms with van der Waals surface area (Å²) in [5, 5.41) is 13.9. The molecular formula is C26H37IN4O. The second-order valence-corrected chi connectivity index (χ2v) is 8.50. The van der Waals surface area contributed by atoms with Crippen LogP contribution in [0.15, 0.2) is 48.5 Å². The first-order valence-electron chi connectivity index (χ1n) is 11.2. The van der Waals surface area contributed by atoms with Crippen LogP contribution in [-0.4, -0.2) is 55.7 Å². The molecule has 1 aliphatic rings. The molecule has 5 nitrogen and oxygen atoms in total. The highest BCUT2D eigenvalue weighted by molar-refractivity contribution is 14.1. The van der Waals surface area contributed by atoms with Crippen LogP contribution in [0.5, 0.6) is 0 Å². The molecule has 0 aliphatic heterocycles. The Bertz CT molecular complexity index is 852. The van der Waals surface area contributed by atoms with E-state index in [2.05, 4.69) is 74.5 Å². The number of rotatable bonds is 11. The summed E-state index contributed by atoms with van der Waals surface area (Å²) in [4.78, 5) is 16.9. The number of nitrogens with zero attached hydrogens (tertiary/aromatic N) is 1. The van der Waals surface area contributed by atoms with Crippen molar-refractivity contribution in [3.05, 3.63) is 65.2 Å². The molecule has 0 saturated heterocycles. The highest BCUT2D eigenvalue weighted by Gasteiger charge is 2.33. The zero-order valence-electron chi connectivity index (χ0n) is 19.7. The van der Waals surface area contributed by atoms with Gasteiger partial charge in [-0.3, -0.25) is 4.79 Å². The van der Waals surface area contributed by atoms with E-state index >= 15 is 0 Å². The number of carbonyl (C=O) groups is 1. The highest BCUT2D eigenvalue weighted by atomic mass is 127. The zero-order valence-corrected chi connectivity index (χ0v) is 21.9. The van der Waals surface area contributed by atoms with Gasteiger partial charge in [-0.15, -0.1) is 0 Å². The Kier molecular flexibility index (Phi) is 11.2. The van der Waals surface area contributed by atoms with Crippen LogP contribution >= 0.6 is 22.6 Å². The predicted molar refractivity (Wildman–Crippen MR) is 145 cm³/mol. The fraction of sp³-hybridized carbons (Fsp3) is 0.462. The van der Waals surface area contributed by atoms with Crippen LogP contribution in [0.25, 0.3) is 0 Å². The van der Waals surface area contributed by atoms with Gasteiger partial charge in [-0.25, -0.2) is 0 Å². The van der Waals surface area contributed by atoms with Crippen LogP contribution in [0.3, 0.4) is 0 Å². The summed E-state index contributed by atoms with van der Waals surface area (Å²) < 4.78 is 0. The van der Waals surface area contributed by atoms with Gasteiger partial charge in [-0.05, 0) is 73.4 Å². The minimum absolute atomic E-state index is 0.133. The van der Waals surface area contributed by atoms with Crippen LogP contribution in [0.4, 0.5) is 5.69 Å². The monoisotopic (exact) mass is 548 g/mol. The number of hydrogen-bond acceptors (Lipinski definition) is 4. The first-order valence-corrected chi connectivity index (χ1v) is 13.3. The summed E-state index contributed by atoms with van der Waals surface area (Å²) in [5.74, 6) is 1.11. The molecule has 2 aromatic carbocycles. The molecule has 6 heteroatoms. The van der Waals surface area contributed by atoms with Crippen molar-refractivity contribution < 1.29 is 4.79 Å². The minimum Gasteiger partial charge on any atom is -0.388 e. The summed E-state index contributed by atoms with van der Waals surface area (Å²) >= 11 is 2.15. The maximum Gasteiger partial charge on any atom is 0.220 e. The summed E-state index contributed by atoms with van der Waals surface area (Å²) in [6.07, 6.45) is 5.21. The lowest BCUT2D eigenvalue weighted by atomic mass is 9.90. The number of amides is 1. The Labute approximate surface area is 207 Å². The van der Waals surface area contributed by atoms with Gasteiger partial charge in [0, 0.05) is 43.5 Å². The molecule has 1 aliphatic carbocycles. The third-order valence-corrected chi connectivity index (χ3v) is 6.10. The van der Waals surface area contributed by atoms with Crippen LogP contribution in [0, 0.1) is 11.3 Å². The Balaban J connectivity index is 0.00000176. The van der Waals surface area contributed by atoms with Crippen molar-refractivity contribution in [2.45, 2.75) is 37.6 Å². The number of alkyl halides is 1. The van der Waals surface area contributed by atoms with E-state index in [0.29, 0.717) is 24.8 Å². The van der Waals surface area contributed by atoms with Gasteiger partial charge < -0.3 is 20.9 Å². The molecule has 32 heavy (non-hydrogen) atoms. The van der Waals surface area contributed by atoms with E-state index in [4.69, 9.17) is 5.41 Å². The van der Waals surface area contributed by atoms with Gasteiger partial charge in [0.2, 0.25) is 5.91 Å². The van der Waals surface area contributed by atoms with Crippen LogP contribution < -0.4 is 10.6 Å². The van der Waals surface area contributed by atoms with E-state index < -0.39 is 0 Å². The molecule has 1 fully saturated rings. The van der Waals surface area contributed by atoms with E-state index in [1.165, 1.54) is 30.2 Å². The first-order chi connectivity index (χ1) is 15.5. The number of anilines is 1.